The second-order valence-electron chi connectivity index (χ2n) is 8.17. The first-order valence-corrected chi connectivity index (χ1v) is 12.0. The third kappa shape index (κ3) is 5.60. The fourth-order valence-corrected chi connectivity index (χ4v) is 4.99. The first kappa shape index (κ1) is 23.0. The van der Waals surface area contributed by atoms with Crippen LogP contribution in [0.25, 0.3) is 0 Å². The largest absolute Gasteiger partial charge is 0.497 e. The molecule has 0 saturated heterocycles. The van der Waals surface area contributed by atoms with Gasteiger partial charge in [0.25, 0.3) is 0 Å². The number of carbonyl (C=O) groups is 2. The highest BCUT2D eigenvalue weighted by Crippen LogP contribution is 2.32. The molecule has 0 radical (unpaired) electrons. The van der Waals surface area contributed by atoms with Crippen molar-refractivity contribution in [1.29, 1.82) is 0 Å². The van der Waals surface area contributed by atoms with Crippen LogP contribution in [0.1, 0.15) is 42.2 Å². The number of ether oxygens (including phenoxy) is 1. The van der Waals surface area contributed by atoms with Crippen molar-refractivity contribution in [3.63, 3.8) is 0 Å². The summed E-state index contributed by atoms with van der Waals surface area (Å²) in [4.78, 5) is 29.6. The van der Waals surface area contributed by atoms with Gasteiger partial charge >= 0.3 is 0 Å². The number of nitrogens with one attached hydrogen (secondary N) is 1. The lowest BCUT2D eigenvalue weighted by molar-refractivity contribution is -0.127. The van der Waals surface area contributed by atoms with Crippen LogP contribution in [0, 0.1) is 5.82 Å². The smallest absolute Gasteiger partial charge is 0.248 e. The molecule has 0 unspecified atom stereocenters. The number of amides is 2. The first-order valence-electron chi connectivity index (χ1n) is 11.1. The summed E-state index contributed by atoms with van der Waals surface area (Å²) < 4.78 is 19.6. The summed E-state index contributed by atoms with van der Waals surface area (Å²) in [6.07, 6.45) is 4.09. The van der Waals surface area contributed by atoms with Gasteiger partial charge in [0.1, 0.15) is 17.6 Å². The third-order valence-electron chi connectivity index (χ3n) is 5.88. The Balaban J connectivity index is 1.78. The molecule has 2 aromatic carbocycles. The Bertz CT molecular complexity index is 1100. The number of benzene rings is 2. The average Bonchev–Trinajstić information content (AvgIpc) is 3.51. The normalized spacial score (nSPS) is 14.6. The zero-order valence-corrected chi connectivity index (χ0v) is 19.3. The van der Waals surface area contributed by atoms with Crippen molar-refractivity contribution >= 4 is 28.8 Å². The number of thiophene rings is 1. The van der Waals surface area contributed by atoms with E-state index in [0.29, 0.717) is 17.0 Å². The van der Waals surface area contributed by atoms with Gasteiger partial charge in [0, 0.05) is 16.6 Å². The van der Waals surface area contributed by atoms with E-state index in [2.05, 4.69) is 5.32 Å². The van der Waals surface area contributed by atoms with Crippen molar-refractivity contribution in [2.45, 2.75) is 44.2 Å². The van der Waals surface area contributed by atoms with Gasteiger partial charge in [-0.1, -0.05) is 37.1 Å². The lowest BCUT2D eigenvalue weighted by atomic mass is 10.0. The summed E-state index contributed by atoms with van der Waals surface area (Å²) in [5, 5.41) is 5.03. The molecule has 1 aliphatic carbocycles. The Morgan fingerprint density at radius 3 is 2.61 bits per heavy atom. The number of rotatable bonds is 8. The van der Waals surface area contributed by atoms with Crippen molar-refractivity contribution in [1.82, 2.24) is 5.32 Å². The van der Waals surface area contributed by atoms with Crippen molar-refractivity contribution < 1.29 is 18.7 Å². The molecule has 172 valence electrons. The van der Waals surface area contributed by atoms with E-state index in [0.717, 1.165) is 30.6 Å². The van der Waals surface area contributed by atoms with Crippen LogP contribution in [0.15, 0.2) is 66.0 Å². The highest BCUT2D eigenvalue weighted by atomic mass is 32.1. The lowest BCUT2D eigenvalue weighted by Crippen LogP contribution is -2.46. The maximum atomic E-state index is 14.2. The van der Waals surface area contributed by atoms with Gasteiger partial charge in [0.05, 0.1) is 13.5 Å². The summed E-state index contributed by atoms with van der Waals surface area (Å²) in [6.45, 7) is 0. The van der Waals surface area contributed by atoms with E-state index in [4.69, 9.17) is 4.74 Å². The second kappa shape index (κ2) is 10.6. The molecule has 1 N–H and O–H groups in total. The number of carbonyl (C=O) groups excluding carboxylic acids is 2. The van der Waals surface area contributed by atoms with E-state index < -0.39 is 11.9 Å². The number of hydrogen-bond acceptors (Lipinski definition) is 4. The molecule has 33 heavy (non-hydrogen) atoms. The average molecular weight is 467 g/mol. The van der Waals surface area contributed by atoms with Crippen molar-refractivity contribution in [3.05, 3.63) is 82.3 Å². The second-order valence-corrected chi connectivity index (χ2v) is 9.20. The van der Waals surface area contributed by atoms with E-state index in [1.807, 2.05) is 17.5 Å². The minimum Gasteiger partial charge on any atom is -0.497 e. The maximum absolute atomic E-state index is 14.2. The van der Waals surface area contributed by atoms with Gasteiger partial charge in [-0.05, 0) is 60.2 Å². The summed E-state index contributed by atoms with van der Waals surface area (Å²) in [5.41, 5.74) is 0.944. The van der Waals surface area contributed by atoms with Gasteiger partial charge in [-0.15, -0.1) is 11.3 Å². The maximum Gasteiger partial charge on any atom is 0.248 e. The third-order valence-corrected chi connectivity index (χ3v) is 6.75. The molecule has 3 aromatic rings. The van der Waals surface area contributed by atoms with Gasteiger partial charge in [-0.25, -0.2) is 4.39 Å². The van der Waals surface area contributed by atoms with Gasteiger partial charge in [0.2, 0.25) is 11.8 Å². The van der Waals surface area contributed by atoms with Crippen LogP contribution in [0.2, 0.25) is 0 Å². The minimum absolute atomic E-state index is 0.0763. The van der Waals surface area contributed by atoms with Crippen molar-refractivity contribution in [2.75, 3.05) is 12.0 Å². The van der Waals surface area contributed by atoms with E-state index >= 15 is 0 Å². The van der Waals surface area contributed by atoms with Gasteiger partial charge in [0.15, 0.2) is 0 Å². The van der Waals surface area contributed by atoms with Crippen LogP contribution in [0.4, 0.5) is 10.1 Å². The Morgan fingerprint density at radius 2 is 1.91 bits per heavy atom. The van der Waals surface area contributed by atoms with Crippen molar-refractivity contribution in [3.8, 4) is 5.75 Å². The minimum atomic E-state index is -0.963. The molecule has 0 spiro atoms. The quantitative estimate of drug-likeness (QED) is 0.492. The molecular formula is C26H27FN2O3S. The van der Waals surface area contributed by atoms with Crippen LogP contribution in [0.5, 0.6) is 5.75 Å². The lowest BCUT2D eigenvalue weighted by Gasteiger charge is -2.32. The Labute approximate surface area is 197 Å². The zero-order chi connectivity index (χ0) is 23.2. The number of hydrogen-bond donors (Lipinski definition) is 1. The molecule has 0 bridgehead atoms. The number of methoxy groups -OCH3 is 1. The Morgan fingerprint density at radius 1 is 1.12 bits per heavy atom. The molecule has 1 heterocycles. The van der Waals surface area contributed by atoms with Crippen LogP contribution >= 0.6 is 11.3 Å². The molecule has 1 aromatic heterocycles. The highest BCUT2D eigenvalue weighted by molar-refractivity contribution is 7.10. The Kier molecular flexibility index (Phi) is 7.40. The van der Waals surface area contributed by atoms with E-state index in [9.17, 15) is 14.0 Å². The molecule has 1 aliphatic rings. The van der Waals surface area contributed by atoms with E-state index in [1.165, 1.54) is 28.4 Å². The predicted molar refractivity (Wildman–Crippen MR) is 128 cm³/mol. The predicted octanol–water partition coefficient (Wildman–Crippen LogP) is 5.27. The fourth-order valence-electron chi connectivity index (χ4n) is 4.29. The van der Waals surface area contributed by atoms with Crippen LogP contribution in [0.3, 0.4) is 0 Å². The molecule has 4 rings (SSSR count). The molecule has 5 nitrogen and oxygen atoms in total. The summed E-state index contributed by atoms with van der Waals surface area (Å²) in [7, 11) is 1.55. The molecule has 1 fully saturated rings. The molecule has 1 saturated carbocycles. The molecule has 7 heteroatoms. The SMILES string of the molecule is COc1cccc([C@H](C(=O)NC2CCCC2)N(C(=O)Cc2cccs2)c2cccc(F)c2)c1. The number of anilines is 1. The molecule has 1 atom stereocenters. The van der Waals surface area contributed by atoms with Gasteiger partial charge in [-0.3, -0.25) is 14.5 Å². The summed E-state index contributed by atoms with van der Waals surface area (Å²) in [6, 6.07) is 15.8. The summed E-state index contributed by atoms with van der Waals surface area (Å²) >= 11 is 1.47. The van der Waals surface area contributed by atoms with E-state index in [-0.39, 0.29) is 24.3 Å². The number of halogens is 1. The van der Waals surface area contributed by atoms with E-state index in [1.54, 1.807) is 43.5 Å². The Hall–Kier alpha value is -3.19. The van der Waals surface area contributed by atoms with Crippen LogP contribution in [-0.4, -0.2) is 25.0 Å². The molecular weight excluding hydrogens is 439 g/mol. The van der Waals surface area contributed by atoms with Gasteiger partial charge < -0.3 is 10.1 Å². The standard InChI is InChI=1S/C26H27FN2O3S/c1-32-22-12-4-7-18(15-22)25(26(31)28-20-9-2-3-10-20)29(21-11-5-8-19(27)16-21)24(30)17-23-13-6-14-33-23/h4-8,11-16,20,25H,2-3,9-10,17H2,1H3,(H,28,31)/t25-/m1/s1. The summed E-state index contributed by atoms with van der Waals surface area (Å²) in [5.74, 6) is -0.450. The monoisotopic (exact) mass is 466 g/mol. The van der Waals surface area contributed by atoms with Crippen LogP contribution < -0.4 is 15.0 Å². The first-order chi connectivity index (χ1) is 16.0. The highest BCUT2D eigenvalue weighted by Gasteiger charge is 2.34. The number of nitrogens with zero attached hydrogens (tertiary/aromatic N) is 1. The molecule has 0 aliphatic heterocycles. The fraction of sp³-hybridized carbons (Fsp3) is 0.308. The zero-order valence-electron chi connectivity index (χ0n) is 18.5. The topological polar surface area (TPSA) is 58.6 Å². The van der Waals surface area contributed by atoms with Gasteiger partial charge in [-0.2, -0.15) is 0 Å². The molecule has 2 amide bonds. The van der Waals surface area contributed by atoms with Crippen LogP contribution in [-0.2, 0) is 16.0 Å². The van der Waals surface area contributed by atoms with Crippen molar-refractivity contribution in [2.24, 2.45) is 0 Å².